The number of hydrogen-bond acceptors (Lipinski definition) is 6. The minimum atomic E-state index is -1.01. The molecule has 32 heavy (non-hydrogen) atoms. The zero-order valence-electron chi connectivity index (χ0n) is 17.8. The van der Waals surface area contributed by atoms with Crippen molar-refractivity contribution in [1.29, 1.82) is 0 Å². The number of nitrogens with one attached hydrogen (secondary N) is 1. The van der Waals surface area contributed by atoms with E-state index in [2.05, 4.69) is 12.2 Å². The number of carbonyl (C=O) groups excluding carboxylic acids is 4. The fourth-order valence-corrected chi connectivity index (χ4v) is 4.03. The van der Waals surface area contributed by atoms with Crippen LogP contribution in [0.2, 0.25) is 0 Å². The summed E-state index contributed by atoms with van der Waals surface area (Å²) in [6, 6.07) is 11.6. The average molecular weight is 436 g/mol. The fraction of sp³-hybridized carbons (Fsp3) is 0.333. The third-order valence-electron chi connectivity index (χ3n) is 5.52. The van der Waals surface area contributed by atoms with E-state index in [1.54, 1.807) is 12.1 Å². The van der Waals surface area contributed by atoms with E-state index in [0.717, 1.165) is 29.1 Å². The number of hydrogen-bond donors (Lipinski definition) is 1. The average Bonchev–Trinajstić information content (AvgIpc) is 3.03. The van der Waals surface area contributed by atoms with Gasteiger partial charge in [-0.25, -0.2) is 0 Å². The Hall–Kier alpha value is -3.68. The summed E-state index contributed by atoms with van der Waals surface area (Å²) in [4.78, 5) is 50.5. The van der Waals surface area contributed by atoms with E-state index in [0.29, 0.717) is 0 Å². The summed E-state index contributed by atoms with van der Waals surface area (Å²) in [5, 5.41) is 2.19. The van der Waals surface area contributed by atoms with Crippen molar-refractivity contribution in [2.24, 2.45) is 0 Å². The van der Waals surface area contributed by atoms with Crippen molar-refractivity contribution < 1.29 is 28.7 Å². The highest BCUT2D eigenvalue weighted by Gasteiger charge is 2.45. The zero-order valence-corrected chi connectivity index (χ0v) is 17.8. The molecule has 1 fully saturated rings. The summed E-state index contributed by atoms with van der Waals surface area (Å²) >= 11 is 0. The standard InChI is InChI=1S/C24H24N2O6/c1-2-6-15-7-3-4-9-18(15)31-13-14-32-19-10-5-8-16-21(19)24(30)26(23(16)29)17-11-12-20(27)25-22(17)28/h3-5,7-10,17H,2,6,11-14H2,1H3,(H,25,27,28). The lowest BCUT2D eigenvalue weighted by Gasteiger charge is -2.27. The lowest BCUT2D eigenvalue weighted by atomic mass is 10.0. The van der Waals surface area contributed by atoms with Crippen molar-refractivity contribution in [1.82, 2.24) is 10.2 Å². The van der Waals surface area contributed by atoms with Crippen molar-refractivity contribution in [3.05, 3.63) is 59.2 Å². The molecule has 2 aliphatic rings. The predicted octanol–water partition coefficient (Wildman–Crippen LogP) is 2.50. The monoisotopic (exact) mass is 436 g/mol. The number of benzene rings is 2. The Bertz CT molecular complexity index is 1080. The SMILES string of the molecule is CCCc1ccccc1OCCOc1cccc2c1C(=O)N(C1CCC(=O)NC1=O)C2=O. The van der Waals surface area contributed by atoms with Gasteiger partial charge in [0.1, 0.15) is 30.8 Å². The predicted molar refractivity (Wildman–Crippen MR) is 115 cm³/mol. The summed E-state index contributed by atoms with van der Waals surface area (Å²) in [5.41, 5.74) is 1.44. The number of fused-ring (bicyclic) bond motifs is 1. The molecule has 1 atom stereocenters. The van der Waals surface area contributed by atoms with Crippen molar-refractivity contribution in [2.45, 2.75) is 38.6 Å². The highest BCUT2D eigenvalue weighted by atomic mass is 16.5. The topological polar surface area (TPSA) is 102 Å². The Balaban J connectivity index is 1.44. The summed E-state index contributed by atoms with van der Waals surface area (Å²) in [6.07, 6.45) is 2.10. The van der Waals surface area contributed by atoms with Gasteiger partial charge < -0.3 is 9.47 Å². The molecule has 2 heterocycles. The van der Waals surface area contributed by atoms with E-state index >= 15 is 0 Å². The van der Waals surface area contributed by atoms with Gasteiger partial charge in [-0.3, -0.25) is 29.4 Å². The molecule has 8 nitrogen and oxygen atoms in total. The molecular formula is C24H24N2O6. The van der Waals surface area contributed by atoms with Crippen molar-refractivity contribution in [3.8, 4) is 11.5 Å². The second-order valence-corrected chi connectivity index (χ2v) is 7.68. The van der Waals surface area contributed by atoms with Gasteiger partial charge in [0.15, 0.2) is 0 Å². The van der Waals surface area contributed by atoms with E-state index in [4.69, 9.17) is 9.47 Å². The first-order valence-electron chi connectivity index (χ1n) is 10.7. The number of rotatable bonds is 8. The van der Waals surface area contributed by atoms with Crippen LogP contribution in [-0.4, -0.2) is 47.8 Å². The molecule has 0 saturated carbocycles. The number of piperidine rings is 1. The number of carbonyl (C=O) groups is 4. The minimum absolute atomic E-state index is 0.0734. The number of para-hydroxylation sites is 1. The molecule has 2 aliphatic heterocycles. The molecule has 4 rings (SSSR count). The summed E-state index contributed by atoms with van der Waals surface area (Å²) in [5.74, 6) is -1.14. The second-order valence-electron chi connectivity index (χ2n) is 7.68. The van der Waals surface area contributed by atoms with Gasteiger partial charge in [-0.1, -0.05) is 37.6 Å². The maximum Gasteiger partial charge on any atom is 0.266 e. The van der Waals surface area contributed by atoms with Crippen LogP contribution < -0.4 is 14.8 Å². The van der Waals surface area contributed by atoms with Crippen LogP contribution in [-0.2, 0) is 16.0 Å². The van der Waals surface area contributed by atoms with Crippen LogP contribution in [0.3, 0.4) is 0 Å². The molecule has 0 aromatic heterocycles. The summed E-state index contributed by atoms with van der Waals surface area (Å²) in [7, 11) is 0. The number of amides is 4. The highest BCUT2D eigenvalue weighted by Crippen LogP contribution is 2.33. The van der Waals surface area contributed by atoms with E-state index in [-0.39, 0.29) is 42.9 Å². The Morgan fingerprint density at radius 2 is 1.66 bits per heavy atom. The molecule has 4 amide bonds. The first kappa shape index (κ1) is 21.5. The molecule has 1 N–H and O–H groups in total. The molecular weight excluding hydrogens is 412 g/mol. The maximum atomic E-state index is 13.1. The van der Waals surface area contributed by atoms with Crippen molar-refractivity contribution in [2.75, 3.05) is 13.2 Å². The largest absolute Gasteiger partial charge is 0.490 e. The number of nitrogens with zero attached hydrogens (tertiary/aromatic N) is 1. The molecule has 0 bridgehead atoms. The van der Waals surface area contributed by atoms with Crippen LogP contribution in [0, 0.1) is 0 Å². The smallest absolute Gasteiger partial charge is 0.266 e. The van der Waals surface area contributed by atoms with Crippen LogP contribution in [0.25, 0.3) is 0 Å². The summed E-state index contributed by atoms with van der Waals surface area (Å²) < 4.78 is 11.6. The van der Waals surface area contributed by atoms with Gasteiger partial charge in [0, 0.05) is 6.42 Å². The second kappa shape index (κ2) is 9.21. The zero-order chi connectivity index (χ0) is 22.7. The number of imide groups is 2. The normalized spacial score (nSPS) is 17.9. The molecule has 166 valence electrons. The summed E-state index contributed by atoms with van der Waals surface area (Å²) in [6.45, 7) is 2.55. The molecule has 8 heteroatoms. The van der Waals surface area contributed by atoms with Gasteiger partial charge in [0.2, 0.25) is 11.8 Å². The van der Waals surface area contributed by atoms with Crippen LogP contribution in [0.4, 0.5) is 0 Å². The fourth-order valence-electron chi connectivity index (χ4n) is 4.03. The molecule has 0 spiro atoms. The van der Waals surface area contributed by atoms with Crippen molar-refractivity contribution in [3.63, 3.8) is 0 Å². The first-order valence-corrected chi connectivity index (χ1v) is 10.7. The number of aryl methyl sites for hydroxylation is 1. The molecule has 0 aliphatic carbocycles. The van der Waals surface area contributed by atoms with E-state index in [9.17, 15) is 19.2 Å². The van der Waals surface area contributed by atoms with Gasteiger partial charge in [0.25, 0.3) is 11.8 Å². The quantitative estimate of drug-likeness (QED) is 0.504. The third kappa shape index (κ3) is 4.08. The van der Waals surface area contributed by atoms with E-state index in [1.165, 1.54) is 6.07 Å². The Morgan fingerprint density at radius 3 is 2.41 bits per heavy atom. The van der Waals surface area contributed by atoms with Gasteiger partial charge in [-0.15, -0.1) is 0 Å². The lowest BCUT2D eigenvalue weighted by molar-refractivity contribution is -0.136. The lowest BCUT2D eigenvalue weighted by Crippen LogP contribution is -2.54. The Labute approximate surface area is 185 Å². The van der Waals surface area contributed by atoms with E-state index < -0.39 is 29.7 Å². The minimum Gasteiger partial charge on any atom is -0.490 e. The van der Waals surface area contributed by atoms with Crippen LogP contribution in [0.1, 0.15) is 52.5 Å². The molecule has 1 saturated heterocycles. The van der Waals surface area contributed by atoms with Crippen molar-refractivity contribution >= 4 is 23.6 Å². The Morgan fingerprint density at radius 1 is 0.938 bits per heavy atom. The van der Waals surface area contributed by atoms with Gasteiger partial charge in [0.05, 0.1) is 11.1 Å². The molecule has 0 radical (unpaired) electrons. The van der Waals surface area contributed by atoms with Gasteiger partial charge in [-0.05, 0) is 36.6 Å². The molecule has 2 aromatic rings. The maximum absolute atomic E-state index is 13.1. The van der Waals surface area contributed by atoms with Gasteiger partial charge >= 0.3 is 0 Å². The highest BCUT2D eigenvalue weighted by molar-refractivity contribution is 6.24. The third-order valence-corrected chi connectivity index (χ3v) is 5.52. The van der Waals surface area contributed by atoms with Crippen LogP contribution >= 0.6 is 0 Å². The molecule has 1 unspecified atom stereocenters. The first-order chi connectivity index (χ1) is 15.5. The Kier molecular flexibility index (Phi) is 6.20. The van der Waals surface area contributed by atoms with E-state index in [1.807, 2.05) is 24.3 Å². The molecule has 2 aromatic carbocycles. The number of ether oxygens (including phenoxy) is 2. The van der Waals surface area contributed by atoms with Crippen LogP contribution in [0.15, 0.2) is 42.5 Å². The van der Waals surface area contributed by atoms with Crippen LogP contribution in [0.5, 0.6) is 11.5 Å². The van der Waals surface area contributed by atoms with Gasteiger partial charge in [-0.2, -0.15) is 0 Å².